The first-order valence-electron chi connectivity index (χ1n) is 11.5. The van der Waals surface area contributed by atoms with Gasteiger partial charge in [-0.25, -0.2) is 14.8 Å². The van der Waals surface area contributed by atoms with Crippen LogP contribution >= 0.6 is 11.3 Å². The summed E-state index contributed by atoms with van der Waals surface area (Å²) >= 11 is 1.43. The molecule has 10 heteroatoms. The zero-order chi connectivity index (χ0) is 24.0. The highest BCUT2D eigenvalue weighted by molar-refractivity contribution is 7.16. The number of ether oxygens (including phenoxy) is 1. The molecule has 0 radical (unpaired) electrons. The van der Waals surface area contributed by atoms with Gasteiger partial charge in [0.15, 0.2) is 5.65 Å². The van der Waals surface area contributed by atoms with Gasteiger partial charge in [-0.15, -0.1) is 11.3 Å². The molecule has 1 aliphatic heterocycles. The number of H-pyrrole nitrogens is 2. The van der Waals surface area contributed by atoms with Gasteiger partial charge in [0, 0.05) is 11.9 Å². The molecule has 1 fully saturated rings. The van der Waals surface area contributed by atoms with E-state index in [2.05, 4.69) is 15.0 Å². The average molecular weight is 481 g/mol. The zero-order valence-corrected chi connectivity index (χ0v) is 20.3. The molecular weight excluding hydrogens is 452 g/mol. The van der Waals surface area contributed by atoms with Crippen molar-refractivity contribution in [2.24, 2.45) is 0 Å². The number of aromatic amines is 2. The van der Waals surface area contributed by atoms with Crippen LogP contribution < -0.4 is 11.3 Å². The molecule has 0 spiro atoms. The number of imidazole rings is 1. The third-order valence-corrected chi connectivity index (χ3v) is 6.84. The van der Waals surface area contributed by atoms with E-state index in [4.69, 9.17) is 15.5 Å². The van der Waals surface area contributed by atoms with E-state index in [0.717, 1.165) is 41.6 Å². The first-order chi connectivity index (χ1) is 16.2. The maximum absolute atomic E-state index is 13.0. The van der Waals surface area contributed by atoms with E-state index in [-0.39, 0.29) is 17.7 Å². The van der Waals surface area contributed by atoms with Crippen molar-refractivity contribution in [2.45, 2.75) is 58.1 Å². The normalized spacial score (nSPS) is 17.3. The summed E-state index contributed by atoms with van der Waals surface area (Å²) in [7, 11) is 0. The van der Waals surface area contributed by atoms with E-state index in [9.17, 15) is 9.59 Å². The molecular formula is C24H28N6O3S. The van der Waals surface area contributed by atoms with E-state index in [1.54, 1.807) is 4.90 Å². The molecule has 1 unspecified atom stereocenters. The number of nitrogens with one attached hydrogen (secondary N) is 2. The number of likely N-dealkylation sites (tertiary alicyclic amines) is 1. The Bertz CT molecular complexity index is 1430. The lowest BCUT2D eigenvalue weighted by molar-refractivity contribution is 0.0159. The minimum Gasteiger partial charge on any atom is -0.444 e. The van der Waals surface area contributed by atoms with Gasteiger partial charge in [-0.2, -0.15) is 0 Å². The molecule has 4 aromatic heterocycles. The van der Waals surface area contributed by atoms with Crippen molar-refractivity contribution < 1.29 is 9.53 Å². The van der Waals surface area contributed by atoms with Crippen LogP contribution in [0.15, 0.2) is 28.4 Å². The summed E-state index contributed by atoms with van der Waals surface area (Å²) in [6, 6.07) is 5.48. The molecule has 1 atom stereocenters. The topological polar surface area (TPSA) is 130 Å². The van der Waals surface area contributed by atoms with Gasteiger partial charge < -0.3 is 20.4 Å². The fourth-order valence-corrected chi connectivity index (χ4v) is 5.24. The number of rotatable bonds is 2. The number of carbonyl (C=O) groups excluding carboxylic acids is 1. The summed E-state index contributed by atoms with van der Waals surface area (Å²) in [4.78, 5) is 43.7. The second kappa shape index (κ2) is 8.43. The second-order valence-corrected chi connectivity index (χ2v) is 10.6. The lowest BCUT2D eigenvalue weighted by atomic mass is 10.1. The van der Waals surface area contributed by atoms with Crippen LogP contribution in [0.3, 0.4) is 0 Å². The summed E-state index contributed by atoms with van der Waals surface area (Å²) in [6.07, 6.45) is 3.46. The van der Waals surface area contributed by atoms with E-state index < -0.39 is 5.60 Å². The fraction of sp³-hybridized carbons (Fsp3) is 0.417. The van der Waals surface area contributed by atoms with Crippen LogP contribution in [0.4, 0.5) is 10.5 Å². The van der Waals surface area contributed by atoms with Gasteiger partial charge in [0.05, 0.1) is 22.9 Å². The molecule has 34 heavy (non-hydrogen) atoms. The predicted octanol–water partition coefficient (Wildman–Crippen LogP) is 4.96. The number of pyridine rings is 2. The number of nitrogens with two attached hydrogens (primary N) is 1. The smallest absolute Gasteiger partial charge is 0.410 e. The third-order valence-electron chi connectivity index (χ3n) is 6.01. The number of thiophene rings is 1. The number of carbonyl (C=O) groups is 1. The monoisotopic (exact) mass is 480 g/mol. The van der Waals surface area contributed by atoms with Crippen LogP contribution in [0.2, 0.25) is 0 Å². The van der Waals surface area contributed by atoms with Crippen molar-refractivity contribution >= 4 is 44.5 Å². The molecule has 4 N–H and O–H groups in total. The average Bonchev–Trinajstić information content (AvgIpc) is 3.31. The highest BCUT2D eigenvalue weighted by Gasteiger charge is 2.31. The molecule has 5 rings (SSSR count). The predicted molar refractivity (Wildman–Crippen MR) is 134 cm³/mol. The summed E-state index contributed by atoms with van der Waals surface area (Å²) < 4.78 is 5.67. The van der Waals surface area contributed by atoms with Crippen molar-refractivity contribution in [2.75, 3.05) is 12.3 Å². The zero-order valence-electron chi connectivity index (χ0n) is 19.5. The molecule has 1 aliphatic rings. The highest BCUT2D eigenvalue weighted by atomic mass is 32.1. The Morgan fingerprint density at radius 1 is 1.18 bits per heavy atom. The number of hydrogen-bond acceptors (Lipinski definition) is 7. The minimum absolute atomic E-state index is 0.197. The molecule has 1 saturated heterocycles. The first-order valence-corrected chi connectivity index (χ1v) is 12.3. The summed E-state index contributed by atoms with van der Waals surface area (Å²) in [5.41, 5.74) is 8.08. The number of fused-ring (bicyclic) bond motifs is 2. The van der Waals surface area contributed by atoms with Crippen LogP contribution in [0.5, 0.6) is 0 Å². The van der Waals surface area contributed by atoms with Crippen LogP contribution in [-0.2, 0) is 4.74 Å². The molecule has 5 heterocycles. The number of anilines is 1. The number of hydrogen-bond donors (Lipinski definition) is 3. The summed E-state index contributed by atoms with van der Waals surface area (Å²) in [6.45, 7) is 6.23. The maximum Gasteiger partial charge on any atom is 0.410 e. The van der Waals surface area contributed by atoms with Crippen molar-refractivity contribution in [1.82, 2.24) is 24.8 Å². The van der Waals surface area contributed by atoms with Gasteiger partial charge in [-0.3, -0.25) is 9.69 Å². The minimum atomic E-state index is -0.570. The largest absolute Gasteiger partial charge is 0.444 e. The molecule has 0 saturated carbocycles. The SMILES string of the molecule is CC(C)(C)OC(=O)N1CCCCCC1c1ccc2[nH]c(-c3c(N)c4ccsc4[nH]c3=O)nc2n1. The Hall–Kier alpha value is -3.40. The lowest BCUT2D eigenvalue weighted by Crippen LogP contribution is -2.39. The maximum atomic E-state index is 13.0. The van der Waals surface area contributed by atoms with Gasteiger partial charge in [0.2, 0.25) is 0 Å². The molecule has 9 nitrogen and oxygen atoms in total. The van der Waals surface area contributed by atoms with Crippen LogP contribution in [-0.4, -0.2) is 43.1 Å². The van der Waals surface area contributed by atoms with Gasteiger partial charge in [-0.1, -0.05) is 12.8 Å². The lowest BCUT2D eigenvalue weighted by Gasteiger charge is -2.32. The molecule has 4 aromatic rings. The van der Waals surface area contributed by atoms with Gasteiger partial charge >= 0.3 is 6.09 Å². The van der Waals surface area contributed by atoms with E-state index >= 15 is 0 Å². The third kappa shape index (κ3) is 4.13. The standard InChI is InChI=1S/C24H28N6O3S/c1-24(2,3)33-23(32)30-11-6-4-5-7-16(30)14-8-9-15-19(26-14)28-20(27-15)17-18(25)13-10-12-34-22(13)29-21(17)31/h8-10,12,16H,4-7,11H2,1-3H3,(H3,25,29,31)(H,26,27,28). The molecule has 0 bridgehead atoms. The van der Waals surface area contributed by atoms with Gasteiger partial charge in [0.1, 0.15) is 21.8 Å². The Morgan fingerprint density at radius 3 is 2.79 bits per heavy atom. The number of amides is 1. The second-order valence-electron chi connectivity index (χ2n) is 9.64. The Labute approximate surface area is 200 Å². The number of nitrogens with zero attached hydrogens (tertiary/aromatic N) is 3. The van der Waals surface area contributed by atoms with Gasteiger partial charge in [0.25, 0.3) is 5.56 Å². The van der Waals surface area contributed by atoms with Crippen LogP contribution in [0.25, 0.3) is 32.8 Å². The van der Waals surface area contributed by atoms with Crippen LogP contribution in [0, 0.1) is 0 Å². The number of aromatic nitrogens is 4. The van der Waals surface area contributed by atoms with Gasteiger partial charge in [-0.05, 0) is 57.2 Å². The molecule has 0 aliphatic carbocycles. The quantitative estimate of drug-likeness (QED) is 0.372. The summed E-state index contributed by atoms with van der Waals surface area (Å²) in [5.74, 6) is 0.372. The Morgan fingerprint density at radius 2 is 2.00 bits per heavy atom. The molecule has 1 amide bonds. The van der Waals surface area contributed by atoms with Crippen molar-refractivity contribution in [3.8, 4) is 11.4 Å². The van der Waals surface area contributed by atoms with E-state index in [0.29, 0.717) is 34.8 Å². The first kappa shape index (κ1) is 22.4. The van der Waals surface area contributed by atoms with Crippen molar-refractivity contribution in [3.63, 3.8) is 0 Å². The number of nitrogen functional groups attached to an aromatic ring is 1. The van der Waals surface area contributed by atoms with Crippen LogP contribution in [0.1, 0.15) is 58.2 Å². The summed E-state index contributed by atoms with van der Waals surface area (Å²) in [5, 5.41) is 2.68. The molecule has 0 aromatic carbocycles. The molecule has 178 valence electrons. The van der Waals surface area contributed by atoms with E-state index in [1.807, 2.05) is 44.4 Å². The Balaban J connectivity index is 1.53. The Kier molecular flexibility index (Phi) is 5.55. The van der Waals surface area contributed by atoms with Crippen molar-refractivity contribution in [1.29, 1.82) is 0 Å². The fourth-order valence-electron chi connectivity index (χ4n) is 4.44. The van der Waals surface area contributed by atoms with E-state index in [1.165, 1.54) is 11.3 Å². The highest BCUT2D eigenvalue weighted by Crippen LogP contribution is 2.33. The van der Waals surface area contributed by atoms with Crippen molar-refractivity contribution in [3.05, 3.63) is 39.6 Å².